The van der Waals surface area contributed by atoms with Crippen molar-refractivity contribution in [1.82, 2.24) is 4.98 Å². The number of anilines is 1. The summed E-state index contributed by atoms with van der Waals surface area (Å²) in [5.74, 6) is 0.615. The zero-order valence-corrected chi connectivity index (χ0v) is 15.5. The Balaban J connectivity index is 2.50. The molecule has 5 nitrogen and oxygen atoms in total. The van der Waals surface area contributed by atoms with Gasteiger partial charge in [0.2, 0.25) is 0 Å². The molecule has 2 rings (SSSR count). The highest BCUT2D eigenvalue weighted by Gasteiger charge is 2.22. The number of ether oxygens (including phenoxy) is 2. The Morgan fingerprint density at radius 3 is 2.36 bits per heavy atom. The predicted octanol–water partition coefficient (Wildman–Crippen LogP) is 4.35. The van der Waals surface area contributed by atoms with E-state index < -0.39 is 0 Å². The minimum Gasteiger partial charge on any atom is -0.494 e. The highest BCUT2D eigenvalue weighted by molar-refractivity contribution is 6.35. The molecule has 2 aromatic rings. The smallest absolute Gasteiger partial charge is 0.259 e. The predicted molar refractivity (Wildman–Crippen MR) is 100 cm³/mol. The van der Waals surface area contributed by atoms with Crippen LogP contribution in [-0.4, -0.2) is 25.1 Å². The van der Waals surface area contributed by atoms with Crippen LogP contribution in [0, 0.1) is 13.8 Å². The monoisotopic (exact) mass is 360 g/mol. The Morgan fingerprint density at radius 2 is 1.84 bits per heavy atom. The average Bonchev–Trinajstić information content (AvgIpc) is 2.58. The van der Waals surface area contributed by atoms with E-state index in [4.69, 9.17) is 21.1 Å². The summed E-state index contributed by atoms with van der Waals surface area (Å²) < 4.78 is 10.6. The maximum atomic E-state index is 12.9. The molecule has 0 unspecified atom stereocenters. The summed E-state index contributed by atoms with van der Waals surface area (Å²) in [6.07, 6.45) is 2.27. The number of rotatable bonds is 6. The van der Waals surface area contributed by atoms with Crippen LogP contribution in [0.3, 0.4) is 0 Å². The van der Waals surface area contributed by atoms with Gasteiger partial charge in [0.05, 0.1) is 30.5 Å². The van der Waals surface area contributed by atoms with Gasteiger partial charge in [-0.25, -0.2) is 0 Å². The molecule has 0 radical (unpaired) electrons. The van der Waals surface area contributed by atoms with Crippen molar-refractivity contribution >= 4 is 23.2 Å². The van der Waals surface area contributed by atoms with E-state index in [1.54, 1.807) is 31.2 Å². The maximum absolute atomic E-state index is 12.9. The first-order chi connectivity index (χ1) is 11.9. The Morgan fingerprint density at radius 1 is 1.24 bits per heavy atom. The molecule has 1 N–H and O–H groups in total. The molecule has 6 heteroatoms. The van der Waals surface area contributed by atoms with Gasteiger partial charge in [0.25, 0.3) is 5.91 Å². The number of aryl methyl sites for hydroxylation is 2. The van der Waals surface area contributed by atoms with E-state index in [0.29, 0.717) is 39.9 Å². The number of allylic oxidation sites excluding steroid dienone is 1. The van der Waals surface area contributed by atoms with Crippen molar-refractivity contribution in [2.24, 2.45) is 0 Å². The molecule has 0 aliphatic heterocycles. The quantitative estimate of drug-likeness (QED) is 0.778. The van der Waals surface area contributed by atoms with Gasteiger partial charge in [-0.15, -0.1) is 6.58 Å². The van der Waals surface area contributed by atoms with Crippen molar-refractivity contribution in [3.63, 3.8) is 0 Å². The summed E-state index contributed by atoms with van der Waals surface area (Å²) in [6.45, 7) is 7.35. The Labute approximate surface area is 152 Å². The van der Waals surface area contributed by atoms with Gasteiger partial charge >= 0.3 is 0 Å². The van der Waals surface area contributed by atoms with Gasteiger partial charge in [0.15, 0.2) is 0 Å². The van der Waals surface area contributed by atoms with E-state index in [-0.39, 0.29) is 5.91 Å². The molecule has 25 heavy (non-hydrogen) atoms. The molecule has 0 fully saturated rings. The molecule has 0 spiro atoms. The Bertz CT molecular complexity index is 797. The summed E-state index contributed by atoms with van der Waals surface area (Å²) in [5.41, 5.74) is 2.91. The minimum atomic E-state index is -0.372. The zero-order valence-electron chi connectivity index (χ0n) is 14.8. The SMILES string of the molecule is C=CCc1c(C)nc(C)c(C(=O)Nc2c(OC)cccc2OC)c1Cl. The number of methoxy groups -OCH3 is 2. The van der Waals surface area contributed by atoms with Crippen molar-refractivity contribution in [3.8, 4) is 11.5 Å². The van der Waals surface area contributed by atoms with Gasteiger partial charge in [-0.2, -0.15) is 0 Å². The van der Waals surface area contributed by atoms with Crippen molar-refractivity contribution in [2.75, 3.05) is 19.5 Å². The van der Waals surface area contributed by atoms with E-state index in [1.165, 1.54) is 14.2 Å². The molecule has 132 valence electrons. The minimum absolute atomic E-state index is 0.331. The number of aromatic nitrogens is 1. The summed E-state index contributed by atoms with van der Waals surface area (Å²) in [4.78, 5) is 17.3. The first kappa shape index (κ1) is 18.8. The standard InChI is InChI=1S/C19H21ClN2O3/c1-6-8-13-11(2)21-12(3)16(17(13)20)19(23)22-18-14(24-4)9-7-10-15(18)25-5/h6-7,9-10H,1,8H2,2-5H3,(H,22,23). The van der Waals surface area contributed by atoms with Crippen LogP contribution in [0.2, 0.25) is 5.02 Å². The first-order valence-corrected chi connectivity index (χ1v) is 8.11. The Kier molecular flexibility index (Phi) is 6.04. The molecule has 0 saturated heterocycles. The number of hydrogen-bond acceptors (Lipinski definition) is 4. The van der Waals surface area contributed by atoms with Gasteiger partial charge < -0.3 is 14.8 Å². The second-order valence-corrected chi connectivity index (χ2v) is 5.81. The van der Waals surface area contributed by atoms with Crippen LogP contribution in [0.4, 0.5) is 5.69 Å². The molecule has 0 atom stereocenters. The summed E-state index contributed by atoms with van der Waals surface area (Å²) in [7, 11) is 3.05. The molecule has 0 bridgehead atoms. The lowest BCUT2D eigenvalue weighted by Crippen LogP contribution is -2.17. The lowest BCUT2D eigenvalue weighted by molar-refractivity contribution is 0.102. The molecular weight excluding hydrogens is 340 g/mol. The van der Waals surface area contributed by atoms with E-state index in [9.17, 15) is 4.79 Å². The molecule has 0 saturated carbocycles. The summed E-state index contributed by atoms with van der Waals surface area (Å²) in [6, 6.07) is 5.26. The third-order valence-electron chi connectivity index (χ3n) is 3.86. The highest BCUT2D eigenvalue weighted by atomic mass is 35.5. The normalized spacial score (nSPS) is 10.3. The maximum Gasteiger partial charge on any atom is 0.259 e. The van der Waals surface area contributed by atoms with Crippen molar-refractivity contribution < 1.29 is 14.3 Å². The van der Waals surface area contributed by atoms with Gasteiger partial charge in [-0.05, 0) is 38.0 Å². The second kappa shape index (κ2) is 8.03. The van der Waals surface area contributed by atoms with Crippen LogP contribution < -0.4 is 14.8 Å². The molecule has 1 heterocycles. The number of amides is 1. The third-order valence-corrected chi connectivity index (χ3v) is 4.28. The number of hydrogen-bond donors (Lipinski definition) is 1. The van der Waals surface area contributed by atoms with Gasteiger partial charge in [0, 0.05) is 5.69 Å². The number of pyridine rings is 1. The number of nitrogens with zero attached hydrogens (tertiary/aromatic N) is 1. The zero-order chi connectivity index (χ0) is 18.6. The number of nitrogens with one attached hydrogen (secondary N) is 1. The third kappa shape index (κ3) is 3.77. The van der Waals surface area contributed by atoms with E-state index in [1.807, 2.05) is 6.92 Å². The van der Waals surface area contributed by atoms with Crippen LogP contribution in [0.1, 0.15) is 27.3 Å². The summed E-state index contributed by atoms with van der Waals surface area (Å²) >= 11 is 6.50. The first-order valence-electron chi connectivity index (χ1n) is 7.73. The van der Waals surface area contributed by atoms with Crippen molar-refractivity contribution in [1.29, 1.82) is 0 Å². The Hall–Kier alpha value is -2.53. The van der Waals surface area contributed by atoms with Crippen LogP contribution in [-0.2, 0) is 6.42 Å². The molecule has 1 aromatic carbocycles. The van der Waals surface area contributed by atoms with E-state index in [0.717, 1.165) is 11.3 Å². The van der Waals surface area contributed by atoms with Crippen LogP contribution in [0.5, 0.6) is 11.5 Å². The van der Waals surface area contributed by atoms with Crippen molar-refractivity contribution in [2.45, 2.75) is 20.3 Å². The second-order valence-electron chi connectivity index (χ2n) is 5.43. The number of carbonyl (C=O) groups excluding carboxylic acids is 1. The molecule has 0 aliphatic rings. The molecule has 0 aliphatic carbocycles. The summed E-state index contributed by atoms with van der Waals surface area (Å²) in [5, 5.41) is 3.21. The molecule has 1 aromatic heterocycles. The molecular formula is C19H21ClN2O3. The number of benzene rings is 1. The van der Waals surface area contributed by atoms with Crippen molar-refractivity contribution in [3.05, 3.63) is 58.4 Å². The van der Waals surface area contributed by atoms with Gasteiger partial charge in [-0.1, -0.05) is 23.7 Å². The number of halogens is 1. The van der Waals surface area contributed by atoms with Crippen LogP contribution in [0.15, 0.2) is 30.9 Å². The number of carbonyl (C=O) groups is 1. The van der Waals surface area contributed by atoms with Gasteiger partial charge in [-0.3, -0.25) is 9.78 Å². The number of para-hydroxylation sites is 1. The fourth-order valence-corrected chi connectivity index (χ4v) is 3.08. The average molecular weight is 361 g/mol. The molecule has 1 amide bonds. The fraction of sp³-hybridized carbons (Fsp3) is 0.263. The fourth-order valence-electron chi connectivity index (χ4n) is 2.64. The lowest BCUT2D eigenvalue weighted by atomic mass is 10.0. The largest absolute Gasteiger partial charge is 0.494 e. The van der Waals surface area contributed by atoms with E-state index >= 15 is 0 Å². The van der Waals surface area contributed by atoms with Crippen LogP contribution >= 0.6 is 11.6 Å². The highest BCUT2D eigenvalue weighted by Crippen LogP contribution is 2.35. The van der Waals surface area contributed by atoms with E-state index in [2.05, 4.69) is 16.9 Å². The van der Waals surface area contributed by atoms with Crippen LogP contribution in [0.25, 0.3) is 0 Å². The van der Waals surface area contributed by atoms with Gasteiger partial charge in [0.1, 0.15) is 17.2 Å². The topological polar surface area (TPSA) is 60.5 Å². The lowest BCUT2D eigenvalue weighted by Gasteiger charge is -2.17.